The number of hydrogen-bond donors (Lipinski definition) is 4. The predicted molar refractivity (Wildman–Crippen MR) is 89.7 cm³/mol. The molecule has 12 heteroatoms. The Morgan fingerprint density at radius 1 is 1.22 bits per heavy atom. The van der Waals surface area contributed by atoms with Gasteiger partial charge in [-0.05, 0) is 13.3 Å². The predicted octanol–water partition coefficient (Wildman–Crippen LogP) is -3.36. The smallest absolute Gasteiger partial charge is 0.325 e. The third-order valence-electron chi connectivity index (χ3n) is 4.34. The lowest BCUT2D eigenvalue weighted by Crippen LogP contribution is -2.65. The summed E-state index contributed by atoms with van der Waals surface area (Å²) in [7, 11) is 0. The number of urea groups is 1. The average Bonchev–Trinajstić information content (AvgIpc) is 2.63. The number of amides is 7. The summed E-state index contributed by atoms with van der Waals surface area (Å²) in [5, 5.41) is 7.23. The van der Waals surface area contributed by atoms with E-state index >= 15 is 0 Å². The van der Waals surface area contributed by atoms with Gasteiger partial charge in [0.05, 0.1) is 0 Å². The first-order valence-electron chi connectivity index (χ1n) is 8.52. The third-order valence-corrected chi connectivity index (χ3v) is 4.34. The number of primary amides is 1. The van der Waals surface area contributed by atoms with E-state index in [4.69, 9.17) is 5.73 Å². The Labute approximate surface area is 154 Å². The Bertz CT molecular complexity index is 680. The number of nitrogens with two attached hydrogens (primary N) is 1. The number of β-lactam (4-membered cyclic amide) rings is 1. The molecular formula is C15H22N6O6. The molecule has 2 aliphatic heterocycles. The molecule has 5 N–H and O–H groups in total. The minimum Gasteiger partial charge on any atom is -0.370 e. The highest BCUT2D eigenvalue weighted by atomic mass is 16.2. The molecule has 1 unspecified atom stereocenters. The van der Waals surface area contributed by atoms with E-state index in [0.29, 0.717) is 6.54 Å². The summed E-state index contributed by atoms with van der Waals surface area (Å²) in [6, 6.07) is -2.83. The van der Waals surface area contributed by atoms with Crippen molar-refractivity contribution in [3.05, 3.63) is 0 Å². The standard InChI is InChI=1S/C15H22N6O6/c1-2-20-5-6-21(14(26)13(20)25)15(27)19-8(3-4-10(16)22)12(24)18-9-7-17-11(9)23/h8-9H,2-7H2,1H3,(H2,16,22)(H,17,23)(H,18,24)(H,19,27)/t8-,9?/m1/s1. The van der Waals surface area contributed by atoms with E-state index in [1.54, 1.807) is 6.92 Å². The highest BCUT2D eigenvalue weighted by molar-refractivity contribution is 6.38. The van der Waals surface area contributed by atoms with E-state index in [9.17, 15) is 28.8 Å². The van der Waals surface area contributed by atoms with Gasteiger partial charge < -0.3 is 26.6 Å². The molecule has 0 aromatic carbocycles. The first kappa shape index (κ1) is 20.1. The van der Waals surface area contributed by atoms with Crippen LogP contribution in [-0.4, -0.2) is 83.6 Å². The van der Waals surface area contributed by atoms with Crippen LogP contribution in [0.5, 0.6) is 0 Å². The summed E-state index contributed by atoms with van der Waals surface area (Å²) in [6.07, 6.45) is -0.302. The normalized spacial score (nSPS) is 20.5. The largest absolute Gasteiger partial charge is 0.370 e. The fraction of sp³-hybridized carbons (Fsp3) is 0.600. The molecule has 2 rings (SSSR count). The maximum atomic E-state index is 12.4. The van der Waals surface area contributed by atoms with Crippen LogP contribution in [0.25, 0.3) is 0 Å². The lowest BCUT2D eigenvalue weighted by Gasteiger charge is -2.33. The van der Waals surface area contributed by atoms with Crippen molar-refractivity contribution in [2.24, 2.45) is 5.73 Å². The molecule has 2 heterocycles. The molecule has 0 radical (unpaired) electrons. The van der Waals surface area contributed by atoms with E-state index in [1.165, 1.54) is 4.90 Å². The number of nitrogens with zero attached hydrogens (tertiary/aromatic N) is 2. The molecule has 12 nitrogen and oxygen atoms in total. The molecule has 2 saturated heterocycles. The number of carbonyl (C=O) groups is 6. The maximum absolute atomic E-state index is 12.4. The maximum Gasteiger partial charge on any atom is 0.325 e. The van der Waals surface area contributed by atoms with Crippen molar-refractivity contribution in [3.8, 4) is 0 Å². The van der Waals surface area contributed by atoms with Crippen LogP contribution in [0.3, 0.4) is 0 Å². The van der Waals surface area contributed by atoms with Crippen molar-refractivity contribution in [1.29, 1.82) is 0 Å². The molecule has 0 aromatic heterocycles. The second-order valence-electron chi connectivity index (χ2n) is 6.16. The first-order valence-corrected chi connectivity index (χ1v) is 8.52. The highest BCUT2D eigenvalue weighted by Gasteiger charge is 2.37. The zero-order valence-corrected chi connectivity index (χ0v) is 14.8. The number of piperazine rings is 1. The summed E-state index contributed by atoms with van der Waals surface area (Å²) in [5.74, 6) is -3.52. The molecular weight excluding hydrogens is 360 g/mol. The molecule has 0 bridgehead atoms. The van der Waals surface area contributed by atoms with Crippen LogP contribution in [0.2, 0.25) is 0 Å². The fourth-order valence-electron chi connectivity index (χ4n) is 2.63. The van der Waals surface area contributed by atoms with Gasteiger partial charge in [-0.1, -0.05) is 0 Å². The van der Waals surface area contributed by atoms with Crippen LogP contribution in [0.4, 0.5) is 4.79 Å². The van der Waals surface area contributed by atoms with Crippen LogP contribution >= 0.6 is 0 Å². The molecule has 7 amide bonds. The lowest BCUT2D eigenvalue weighted by atomic mass is 10.1. The molecule has 0 aromatic rings. The van der Waals surface area contributed by atoms with Gasteiger partial charge in [-0.25, -0.2) is 4.79 Å². The van der Waals surface area contributed by atoms with Crippen LogP contribution < -0.4 is 21.7 Å². The molecule has 0 spiro atoms. The zero-order valence-electron chi connectivity index (χ0n) is 14.8. The van der Waals surface area contributed by atoms with E-state index in [-0.39, 0.29) is 38.4 Å². The number of rotatable bonds is 7. The number of likely N-dealkylation sites (N-methyl/N-ethyl adjacent to an activating group) is 1. The van der Waals surface area contributed by atoms with Gasteiger partial charge in [0.25, 0.3) is 0 Å². The topological polar surface area (TPSA) is 171 Å². The Morgan fingerprint density at radius 2 is 1.93 bits per heavy atom. The lowest BCUT2D eigenvalue weighted by molar-refractivity contribution is -0.153. The second kappa shape index (κ2) is 8.47. The van der Waals surface area contributed by atoms with Crippen LogP contribution in [0.15, 0.2) is 0 Å². The number of nitrogens with one attached hydrogen (secondary N) is 3. The first-order chi connectivity index (χ1) is 12.7. The second-order valence-corrected chi connectivity index (χ2v) is 6.16. The number of imide groups is 1. The summed E-state index contributed by atoms with van der Waals surface area (Å²) in [4.78, 5) is 73.0. The summed E-state index contributed by atoms with van der Waals surface area (Å²) < 4.78 is 0. The summed E-state index contributed by atoms with van der Waals surface area (Å²) in [5.41, 5.74) is 5.08. The molecule has 2 fully saturated rings. The average molecular weight is 382 g/mol. The number of hydrogen-bond acceptors (Lipinski definition) is 6. The van der Waals surface area contributed by atoms with Gasteiger partial charge in [-0.15, -0.1) is 0 Å². The van der Waals surface area contributed by atoms with E-state index < -0.39 is 41.7 Å². The van der Waals surface area contributed by atoms with Gasteiger partial charge in [0.15, 0.2) is 0 Å². The van der Waals surface area contributed by atoms with Crippen molar-refractivity contribution in [1.82, 2.24) is 25.8 Å². The SMILES string of the molecule is CCN1CCN(C(=O)N[C@H](CCC(N)=O)C(=O)NC2CNC2=O)C(=O)C1=O. The molecule has 0 aliphatic carbocycles. The van der Waals surface area contributed by atoms with Gasteiger partial charge in [0, 0.05) is 32.6 Å². The molecule has 27 heavy (non-hydrogen) atoms. The van der Waals surface area contributed by atoms with Gasteiger partial charge in [-0.3, -0.25) is 28.9 Å². The van der Waals surface area contributed by atoms with Gasteiger partial charge in [0.2, 0.25) is 17.7 Å². The Morgan fingerprint density at radius 3 is 2.44 bits per heavy atom. The minimum absolute atomic E-state index is 0.0144. The van der Waals surface area contributed by atoms with E-state index in [2.05, 4.69) is 16.0 Å². The van der Waals surface area contributed by atoms with Crippen molar-refractivity contribution in [3.63, 3.8) is 0 Å². The van der Waals surface area contributed by atoms with Crippen LogP contribution in [-0.2, 0) is 24.0 Å². The van der Waals surface area contributed by atoms with Crippen molar-refractivity contribution < 1.29 is 28.8 Å². The molecule has 2 aliphatic rings. The quantitative estimate of drug-likeness (QED) is 0.264. The Hall–Kier alpha value is -3.18. The molecule has 0 saturated carbocycles. The van der Waals surface area contributed by atoms with Crippen molar-refractivity contribution >= 4 is 35.6 Å². The van der Waals surface area contributed by atoms with Gasteiger partial charge in [-0.2, -0.15) is 0 Å². The summed E-state index contributed by atoms with van der Waals surface area (Å²) in [6.45, 7) is 2.48. The van der Waals surface area contributed by atoms with Crippen LogP contribution in [0, 0.1) is 0 Å². The minimum atomic E-state index is -1.19. The Balaban J connectivity index is 2.02. The van der Waals surface area contributed by atoms with Crippen molar-refractivity contribution in [2.45, 2.75) is 31.8 Å². The molecule has 2 atom stereocenters. The number of carbonyl (C=O) groups excluding carboxylic acids is 6. The van der Waals surface area contributed by atoms with Crippen LogP contribution in [0.1, 0.15) is 19.8 Å². The van der Waals surface area contributed by atoms with E-state index in [0.717, 1.165) is 4.90 Å². The third kappa shape index (κ3) is 4.71. The highest BCUT2D eigenvalue weighted by Crippen LogP contribution is 2.07. The summed E-state index contributed by atoms with van der Waals surface area (Å²) >= 11 is 0. The zero-order chi connectivity index (χ0) is 20.1. The van der Waals surface area contributed by atoms with Crippen molar-refractivity contribution in [2.75, 3.05) is 26.2 Å². The monoisotopic (exact) mass is 382 g/mol. The fourth-order valence-corrected chi connectivity index (χ4v) is 2.63. The Kier molecular flexibility index (Phi) is 6.32. The van der Waals surface area contributed by atoms with E-state index in [1.807, 2.05) is 0 Å². The van der Waals surface area contributed by atoms with Gasteiger partial charge in [0.1, 0.15) is 12.1 Å². The van der Waals surface area contributed by atoms with Gasteiger partial charge >= 0.3 is 17.8 Å². The molecule has 148 valence electrons.